The number of fused-ring (bicyclic) bond motifs is 2. The predicted octanol–water partition coefficient (Wildman–Crippen LogP) is 6.63. The van der Waals surface area contributed by atoms with Crippen LogP contribution in [0.1, 0.15) is 55.8 Å². The molecule has 10 nitrogen and oxygen atoms in total. The Kier molecular flexibility index (Phi) is 7.94. The third kappa shape index (κ3) is 6.11. The van der Waals surface area contributed by atoms with Gasteiger partial charge >= 0.3 is 12.1 Å². The number of aryl methyl sites for hydroxylation is 2. The standard InChI is InChI=1S/C30H34F3N5O5S/c1-18-9-10-22(14-21(18)16-37-17-29(5,6)43-25-23(44(37,40)41)8-7-12-34-25)42-27(39)28(3,4)15-20-11-13-38-24(19(20)2)35-36-26(38)30(31,32)33/h7-14,40-41H,15-17H2,1-6H3. The fourth-order valence-electron chi connectivity index (χ4n) is 5.13. The van der Waals surface area contributed by atoms with Crippen molar-refractivity contribution in [1.82, 2.24) is 23.9 Å². The average molecular weight is 634 g/mol. The Morgan fingerprint density at radius 1 is 1.11 bits per heavy atom. The molecule has 4 heterocycles. The first-order valence-corrected chi connectivity index (χ1v) is 15.3. The molecule has 0 fully saturated rings. The van der Waals surface area contributed by atoms with Crippen LogP contribution in [0, 0.1) is 19.3 Å². The number of nitrogens with zero attached hydrogens (tertiary/aromatic N) is 5. The fourth-order valence-corrected chi connectivity index (χ4v) is 6.80. The molecule has 3 aromatic heterocycles. The van der Waals surface area contributed by atoms with E-state index in [0.717, 1.165) is 9.96 Å². The highest BCUT2D eigenvalue weighted by atomic mass is 32.3. The maximum absolute atomic E-state index is 13.4. The lowest BCUT2D eigenvalue weighted by atomic mass is 9.84. The number of benzene rings is 1. The lowest BCUT2D eigenvalue weighted by molar-refractivity contribution is -0.145. The number of carbonyl (C=O) groups is 1. The zero-order valence-corrected chi connectivity index (χ0v) is 26.0. The summed E-state index contributed by atoms with van der Waals surface area (Å²) in [5.74, 6) is -1.22. The number of aromatic nitrogens is 4. The molecule has 0 radical (unpaired) electrons. The Balaban J connectivity index is 1.36. The summed E-state index contributed by atoms with van der Waals surface area (Å²) in [6.45, 7) is 10.9. The number of carbonyl (C=O) groups excluding carboxylic acids is 1. The van der Waals surface area contributed by atoms with Gasteiger partial charge in [-0.2, -0.15) is 17.5 Å². The van der Waals surface area contributed by atoms with Crippen LogP contribution >= 0.6 is 10.8 Å². The smallest absolute Gasteiger partial charge is 0.452 e. The average Bonchev–Trinajstić information content (AvgIpc) is 3.34. The topological polar surface area (TPSA) is 122 Å². The molecule has 1 aliphatic heterocycles. The predicted molar refractivity (Wildman–Crippen MR) is 157 cm³/mol. The fraction of sp³-hybridized carbons (Fsp3) is 0.400. The highest BCUT2D eigenvalue weighted by molar-refractivity contribution is 8.22. The number of esters is 1. The number of pyridine rings is 2. The first kappa shape index (κ1) is 31.7. The van der Waals surface area contributed by atoms with Crippen molar-refractivity contribution < 1.29 is 36.5 Å². The zero-order valence-electron chi connectivity index (χ0n) is 25.1. The molecule has 5 rings (SSSR count). The van der Waals surface area contributed by atoms with Crippen molar-refractivity contribution >= 4 is 22.4 Å². The van der Waals surface area contributed by atoms with Crippen LogP contribution in [-0.2, 0) is 23.9 Å². The van der Waals surface area contributed by atoms with Gasteiger partial charge in [0.1, 0.15) is 16.2 Å². The summed E-state index contributed by atoms with van der Waals surface area (Å²) in [4.78, 5) is 17.8. The van der Waals surface area contributed by atoms with Crippen molar-refractivity contribution in [3.8, 4) is 11.6 Å². The molecule has 44 heavy (non-hydrogen) atoms. The van der Waals surface area contributed by atoms with Crippen molar-refractivity contribution in [1.29, 1.82) is 0 Å². The number of hydrogen-bond donors (Lipinski definition) is 2. The Morgan fingerprint density at radius 2 is 1.84 bits per heavy atom. The molecule has 4 aromatic rings. The maximum Gasteiger partial charge on any atom is 0.452 e. The van der Waals surface area contributed by atoms with E-state index in [9.17, 15) is 27.1 Å². The van der Waals surface area contributed by atoms with Crippen LogP contribution in [0.5, 0.6) is 11.6 Å². The van der Waals surface area contributed by atoms with Crippen molar-refractivity contribution in [3.63, 3.8) is 0 Å². The summed E-state index contributed by atoms with van der Waals surface area (Å²) in [6, 6.07) is 9.85. The highest BCUT2D eigenvalue weighted by Crippen LogP contribution is 2.57. The minimum Gasteiger partial charge on any atom is -0.469 e. The third-order valence-corrected chi connectivity index (χ3v) is 9.45. The van der Waals surface area contributed by atoms with Gasteiger partial charge in [-0.15, -0.1) is 21.0 Å². The second-order valence-electron chi connectivity index (χ2n) is 12.2. The van der Waals surface area contributed by atoms with Gasteiger partial charge < -0.3 is 9.47 Å². The van der Waals surface area contributed by atoms with Crippen molar-refractivity contribution in [2.24, 2.45) is 5.41 Å². The quantitative estimate of drug-likeness (QED) is 0.178. The Morgan fingerprint density at radius 3 is 2.55 bits per heavy atom. The molecular weight excluding hydrogens is 599 g/mol. The lowest BCUT2D eigenvalue weighted by Crippen LogP contribution is -2.41. The minimum absolute atomic E-state index is 0.0636. The van der Waals surface area contributed by atoms with E-state index in [1.165, 1.54) is 18.5 Å². The van der Waals surface area contributed by atoms with Gasteiger partial charge in [0, 0.05) is 18.9 Å². The minimum atomic E-state index is -4.65. The van der Waals surface area contributed by atoms with Gasteiger partial charge in [0.25, 0.3) is 0 Å². The zero-order chi connectivity index (χ0) is 32.2. The molecule has 236 valence electrons. The van der Waals surface area contributed by atoms with Crippen LogP contribution in [0.2, 0.25) is 0 Å². The molecule has 2 N–H and O–H groups in total. The molecule has 1 aliphatic rings. The molecule has 0 saturated carbocycles. The van der Waals surface area contributed by atoms with Gasteiger partial charge in [0.15, 0.2) is 5.65 Å². The number of halogens is 3. The summed E-state index contributed by atoms with van der Waals surface area (Å²) >= 11 is 0. The van der Waals surface area contributed by atoms with Crippen molar-refractivity contribution in [2.75, 3.05) is 6.54 Å². The Bertz CT molecular complexity index is 1740. The molecule has 14 heteroatoms. The van der Waals surface area contributed by atoms with Crippen LogP contribution in [0.25, 0.3) is 5.65 Å². The molecule has 0 aliphatic carbocycles. The van der Waals surface area contributed by atoms with Gasteiger partial charge in [0.05, 0.1) is 12.0 Å². The highest BCUT2D eigenvalue weighted by Gasteiger charge is 2.40. The first-order chi connectivity index (χ1) is 20.4. The molecule has 0 spiro atoms. The summed E-state index contributed by atoms with van der Waals surface area (Å²) in [5, 5.41) is 7.02. The molecule has 0 bridgehead atoms. The maximum atomic E-state index is 13.4. The van der Waals surface area contributed by atoms with Crippen LogP contribution in [0.3, 0.4) is 0 Å². The van der Waals surface area contributed by atoms with Crippen molar-refractivity contribution in [2.45, 2.75) is 71.2 Å². The monoisotopic (exact) mass is 633 g/mol. The van der Waals surface area contributed by atoms with Gasteiger partial charge in [0.2, 0.25) is 11.7 Å². The molecule has 1 aromatic carbocycles. The molecule has 0 amide bonds. The van der Waals surface area contributed by atoms with E-state index in [0.29, 0.717) is 16.7 Å². The lowest BCUT2D eigenvalue weighted by Gasteiger charge is -2.42. The van der Waals surface area contributed by atoms with Gasteiger partial charge in [-0.1, -0.05) is 6.07 Å². The SMILES string of the molecule is Cc1ccc(OC(=O)C(C)(C)Cc2ccn3c(C(F)(F)F)nnc3c2C)cc1CN1CC(C)(C)Oc2ncccc2S1(O)O. The molecule has 0 saturated heterocycles. The van der Waals surface area contributed by atoms with Crippen LogP contribution in [0.4, 0.5) is 13.2 Å². The largest absolute Gasteiger partial charge is 0.469 e. The molecule has 0 atom stereocenters. The van der Waals surface area contributed by atoms with Crippen LogP contribution in [0.15, 0.2) is 53.7 Å². The Labute approximate surface area is 254 Å². The second-order valence-corrected chi connectivity index (χ2v) is 14.2. The second kappa shape index (κ2) is 11.0. The summed E-state index contributed by atoms with van der Waals surface area (Å²) < 4.78 is 76.8. The van der Waals surface area contributed by atoms with Gasteiger partial charge in [-0.25, -0.2) is 4.98 Å². The third-order valence-electron chi connectivity index (χ3n) is 7.58. The number of hydrogen-bond acceptors (Lipinski definition) is 9. The van der Waals surface area contributed by atoms with Gasteiger partial charge in [-0.05, 0) is 101 Å². The summed E-state index contributed by atoms with van der Waals surface area (Å²) in [6.07, 6.45) is -1.69. The van der Waals surface area contributed by atoms with E-state index in [2.05, 4.69) is 15.2 Å². The Hall–Kier alpha value is -3.72. The molecule has 0 unspecified atom stereocenters. The summed E-state index contributed by atoms with van der Waals surface area (Å²) in [7, 11) is -3.46. The van der Waals surface area contributed by atoms with E-state index >= 15 is 0 Å². The normalized spacial score (nSPS) is 17.4. The van der Waals surface area contributed by atoms with E-state index in [-0.39, 0.29) is 41.7 Å². The molecular formula is C30H34F3N5O5S. The van der Waals surface area contributed by atoms with E-state index in [4.69, 9.17) is 9.47 Å². The number of alkyl halides is 3. The number of rotatable bonds is 6. The van der Waals surface area contributed by atoms with Gasteiger partial charge in [-0.3, -0.25) is 18.3 Å². The summed E-state index contributed by atoms with van der Waals surface area (Å²) in [5.41, 5.74) is 0.903. The van der Waals surface area contributed by atoms with E-state index in [1.54, 1.807) is 55.4 Å². The van der Waals surface area contributed by atoms with Crippen LogP contribution < -0.4 is 9.47 Å². The number of ether oxygens (including phenoxy) is 2. The van der Waals surface area contributed by atoms with Crippen molar-refractivity contribution in [3.05, 3.63) is 76.9 Å². The first-order valence-electron chi connectivity index (χ1n) is 13.8. The van der Waals surface area contributed by atoms with E-state index < -0.39 is 39.8 Å². The van der Waals surface area contributed by atoms with E-state index in [1.807, 2.05) is 20.8 Å². The van der Waals surface area contributed by atoms with Crippen LogP contribution in [-0.4, -0.2) is 51.1 Å².